The van der Waals surface area contributed by atoms with Crippen LogP contribution in [0.1, 0.15) is 42.9 Å². The Morgan fingerprint density at radius 1 is 1.06 bits per heavy atom. The molecule has 4 N–H and O–H groups in total. The summed E-state index contributed by atoms with van der Waals surface area (Å²) in [4.78, 5) is 49.5. The monoisotopic (exact) mass is 485 g/mol. The number of thiophene rings is 1. The number of hydrogen-bond acceptors (Lipinski definition) is 7. The van der Waals surface area contributed by atoms with E-state index in [2.05, 4.69) is 10.7 Å². The lowest BCUT2D eigenvalue weighted by atomic mass is 10.1. The van der Waals surface area contributed by atoms with Crippen molar-refractivity contribution in [2.24, 2.45) is 0 Å². The van der Waals surface area contributed by atoms with Crippen LogP contribution < -0.4 is 10.7 Å². The molecule has 11 heteroatoms. The van der Waals surface area contributed by atoms with Crippen LogP contribution in [0.15, 0.2) is 60.0 Å². The van der Waals surface area contributed by atoms with E-state index in [4.69, 9.17) is 5.11 Å². The maximum Gasteiger partial charge on any atom is 0.322 e. The number of hydrogen-bond donors (Lipinski definition) is 4. The number of aliphatic carboxylic acids is 1. The van der Waals surface area contributed by atoms with Crippen molar-refractivity contribution in [3.8, 4) is 5.75 Å². The van der Waals surface area contributed by atoms with E-state index in [1.807, 2.05) is 0 Å². The van der Waals surface area contributed by atoms with Crippen molar-refractivity contribution in [3.05, 3.63) is 87.4 Å². The third-order valence-electron chi connectivity index (χ3n) is 4.66. The number of carbonyl (C=O) groups is 4. The lowest BCUT2D eigenvalue weighted by Crippen LogP contribution is -2.53. The van der Waals surface area contributed by atoms with Crippen LogP contribution in [0.25, 0.3) is 0 Å². The highest BCUT2D eigenvalue weighted by Crippen LogP contribution is 2.17. The number of nitrogens with zero attached hydrogens (tertiary/aromatic N) is 1. The minimum Gasteiger partial charge on any atom is -0.508 e. The number of phenols is 1. The molecule has 0 saturated carbocycles. The molecule has 0 fully saturated rings. The SMILES string of the molecule is C[C@H](NN(C(=O)c1cccs1)C(=O)c1ccc(C(=O)NCc2cccc(O)c2)cc1F)C(=O)O. The average molecular weight is 485 g/mol. The van der Waals surface area contributed by atoms with Crippen LogP contribution in [0.4, 0.5) is 4.39 Å². The highest BCUT2D eigenvalue weighted by molar-refractivity contribution is 7.12. The van der Waals surface area contributed by atoms with Gasteiger partial charge in [-0.1, -0.05) is 18.2 Å². The number of hydrazine groups is 1. The summed E-state index contributed by atoms with van der Waals surface area (Å²) in [5.41, 5.74) is 2.31. The van der Waals surface area contributed by atoms with Crippen molar-refractivity contribution in [2.45, 2.75) is 19.5 Å². The normalized spacial score (nSPS) is 11.5. The first-order chi connectivity index (χ1) is 16.2. The van der Waals surface area contributed by atoms with Gasteiger partial charge < -0.3 is 15.5 Å². The molecule has 3 aromatic rings. The van der Waals surface area contributed by atoms with Gasteiger partial charge in [-0.05, 0) is 54.3 Å². The van der Waals surface area contributed by atoms with Gasteiger partial charge in [-0.15, -0.1) is 11.3 Å². The largest absolute Gasteiger partial charge is 0.508 e. The molecule has 0 radical (unpaired) electrons. The highest BCUT2D eigenvalue weighted by Gasteiger charge is 2.30. The topological polar surface area (TPSA) is 136 Å². The van der Waals surface area contributed by atoms with E-state index in [1.54, 1.807) is 23.6 Å². The Kier molecular flexibility index (Phi) is 7.71. The Morgan fingerprint density at radius 3 is 2.44 bits per heavy atom. The second kappa shape index (κ2) is 10.7. The third kappa shape index (κ3) is 5.82. The molecule has 0 aliphatic heterocycles. The fourth-order valence-corrected chi connectivity index (χ4v) is 3.52. The van der Waals surface area contributed by atoms with Crippen molar-refractivity contribution < 1.29 is 33.8 Å². The number of aromatic hydroxyl groups is 1. The standard InChI is InChI=1S/C23H20FN3O6S/c1-13(23(32)33)26-27(22(31)19-6-3-9-34-19)21(30)17-8-7-15(11-18(17)24)20(29)25-12-14-4-2-5-16(28)10-14/h2-11,13,26,28H,12H2,1H3,(H,25,29)(H,32,33)/t13-/m0/s1. The summed E-state index contributed by atoms with van der Waals surface area (Å²) in [6, 6.07) is 11.0. The van der Waals surface area contributed by atoms with Gasteiger partial charge in [-0.2, -0.15) is 0 Å². The molecule has 0 aliphatic carbocycles. The van der Waals surface area contributed by atoms with E-state index in [-0.39, 0.29) is 22.7 Å². The number of halogens is 1. The van der Waals surface area contributed by atoms with E-state index in [0.29, 0.717) is 10.6 Å². The number of imide groups is 1. The Morgan fingerprint density at radius 2 is 1.82 bits per heavy atom. The molecular formula is C23H20FN3O6S. The van der Waals surface area contributed by atoms with Gasteiger partial charge in [0.2, 0.25) is 0 Å². The molecule has 0 saturated heterocycles. The van der Waals surface area contributed by atoms with Crippen molar-refractivity contribution in [1.82, 2.24) is 15.8 Å². The van der Waals surface area contributed by atoms with Crippen molar-refractivity contribution in [2.75, 3.05) is 0 Å². The highest BCUT2D eigenvalue weighted by atomic mass is 32.1. The number of benzene rings is 2. The first-order valence-electron chi connectivity index (χ1n) is 9.94. The van der Waals surface area contributed by atoms with Gasteiger partial charge in [0.1, 0.15) is 17.6 Å². The minimum absolute atomic E-state index is 0.0353. The van der Waals surface area contributed by atoms with E-state index in [0.717, 1.165) is 23.5 Å². The lowest BCUT2D eigenvalue weighted by Gasteiger charge is -2.23. The summed E-state index contributed by atoms with van der Waals surface area (Å²) in [5, 5.41) is 23.3. The maximum atomic E-state index is 14.8. The van der Waals surface area contributed by atoms with Crippen molar-refractivity contribution in [1.29, 1.82) is 0 Å². The first kappa shape index (κ1) is 24.6. The van der Waals surface area contributed by atoms with Crippen LogP contribution in [-0.4, -0.2) is 45.0 Å². The average Bonchev–Trinajstić information content (AvgIpc) is 3.35. The fourth-order valence-electron chi connectivity index (χ4n) is 2.87. The molecule has 9 nitrogen and oxygen atoms in total. The molecule has 0 unspecified atom stereocenters. The van der Waals surface area contributed by atoms with Gasteiger partial charge >= 0.3 is 5.97 Å². The smallest absolute Gasteiger partial charge is 0.322 e. The molecule has 0 bridgehead atoms. The second-order valence-electron chi connectivity index (χ2n) is 7.16. The van der Waals surface area contributed by atoms with Crippen LogP contribution in [0.3, 0.4) is 0 Å². The zero-order chi connectivity index (χ0) is 24.8. The third-order valence-corrected chi connectivity index (χ3v) is 5.51. The summed E-state index contributed by atoms with van der Waals surface area (Å²) in [6.45, 7) is 1.30. The molecule has 1 atom stereocenters. The zero-order valence-corrected chi connectivity index (χ0v) is 18.6. The molecule has 3 rings (SSSR count). The summed E-state index contributed by atoms with van der Waals surface area (Å²) in [6.07, 6.45) is 0. The van der Waals surface area contributed by atoms with E-state index in [1.165, 1.54) is 31.2 Å². The van der Waals surface area contributed by atoms with Gasteiger partial charge in [-0.25, -0.2) is 14.8 Å². The van der Waals surface area contributed by atoms with E-state index < -0.39 is 41.1 Å². The number of carboxylic acid groups (broad SMARTS) is 1. The van der Waals surface area contributed by atoms with Crippen molar-refractivity contribution in [3.63, 3.8) is 0 Å². The Labute approximate surface area is 197 Å². The summed E-state index contributed by atoms with van der Waals surface area (Å²) in [7, 11) is 0. The second-order valence-corrected chi connectivity index (χ2v) is 8.11. The van der Waals surface area contributed by atoms with Crippen LogP contribution in [-0.2, 0) is 11.3 Å². The van der Waals surface area contributed by atoms with Gasteiger partial charge in [-0.3, -0.25) is 19.2 Å². The zero-order valence-electron chi connectivity index (χ0n) is 17.8. The molecule has 3 amide bonds. The summed E-state index contributed by atoms with van der Waals surface area (Å²) < 4.78 is 14.8. The number of rotatable bonds is 8. The molecule has 34 heavy (non-hydrogen) atoms. The summed E-state index contributed by atoms with van der Waals surface area (Å²) >= 11 is 1.03. The number of carbonyl (C=O) groups excluding carboxylic acids is 3. The maximum absolute atomic E-state index is 14.8. The molecule has 2 aromatic carbocycles. The van der Waals surface area contributed by atoms with Crippen LogP contribution in [0, 0.1) is 5.82 Å². The predicted molar refractivity (Wildman–Crippen MR) is 121 cm³/mol. The first-order valence-corrected chi connectivity index (χ1v) is 10.8. The molecule has 0 aliphatic rings. The van der Waals surface area contributed by atoms with Gasteiger partial charge in [0.05, 0.1) is 10.4 Å². The van der Waals surface area contributed by atoms with Crippen LogP contribution >= 0.6 is 11.3 Å². The van der Waals surface area contributed by atoms with Gasteiger partial charge in [0.25, 0.3) is 17.7 Å². The minimum atomic E-state index is -1.32. The van der Waals surface area contributed by atoms with Gasteiger partial charge in [0, 0.05) is 12.1 Å². The van der Waals surface area contributed by atoms with E-state index >= 15 is 0 Å². The molecule has 1 heterocycles. The van der Waals surface area contributed by atoms with Crippen molar-refractivity contribution >= 4 is 35.0 Å². The Hall–Kier alpha value is -4.09. The lowest BCUT2D eigenvalue weighted by molar-refractivity contribution is -0.139. The Balaban J connectivity index is 1.79. The van der Waals surface area contributed by atoms with Gasteiger partial charge in [0.15, 0.2) is 0 Å². The fraction of sp³-hybridized carbons (Fsp3) is 0.130. The molecular weight excluding hydrogens is 465 g/mol. The molecule has 176 valence electrons. The molecule has 1 aromatic heterocycles. The van der Waals surface area contributed by atoms with Crippen LogP contribution in [0.2, 0.25) is 0 Å². The van der Waals surface area contributed by atoms with E-state index in [9.17, 15) is 28.7 Å². The predicted octanol–water partition coefficient (Wildman–Crippen LogP) is 2.78. The van der Waals surface area contributed by atoms with Crippen LogP contribution in [0.5, 0.6) is 5.75 Å². The number of carboxylic acids is 1. The number of phenolic OH excluding ortho intramolecular Hbond substituents is 1. The number of amides is 3. The molecule has 0 spiro atoms. The summed E-state index contributed by atoms with van der Waals surface area (Å²) in [5.74, 6) is -4.94. The quantitative estimate of drug-likeness (QED) is 0.285. The Bertz CT molecular complexity index is 1230. The number of nitrogens with one attached hydrogen (secondary N) is 2.